The number of rotatable bonds is 4. The first-order chi connectivity index (χ1) is 9.97. The molecule has 0 bridgehead atoms. The summed E-state index contributed by atoms with van der Waals surface area (Å²) < 4.78 is 16.6. The first kappa shape index (κ1) is 15.9. The lowest BCUT2D eigenvalue weighted by molar-refractivity contribution is -0.152. The molecule has 5 heteroatoms. The van der Waals surface area contributed by atoms with Crippen LogP contribution in [0.4, 0.5) is 0 Å². The van der Waals surface area contributed by atoms with Crippen LogP contribution in [0.2, 0.25) is 0 Å². The first-order valence-electron chi connectivity index (χ1n) is 7.63. The van der Waals surface area contributed by atoms with E-state index in [1.54, 1.807) is 0 Å². The molecule has 21 heavy (non-hydrogen) atoms. The molecule has 1 unspecified atom stereocenters. The van der Waals surface area contributed by atoms with Crippen molar-refractivity contribution in [3.63, 3.8) is 0 Å². The average molecular weight is 296 g/mol. The van der Waals surface area contributed by atoms with E-state index in [9.17, 15) is 9.59 Å². The summed E-state index contributed by atoms with van der Waals surface area (Å²) in [6, 6.07) is 0. The van der Waals surface area contributed by atoms with Gasteiger partial charge in [0.15, 0.2) is 11.9 Å². The van der Waals surface area contributed by atoms with E-state index in [0.717, 1.165) is 11.5 Å². The molecule has 0 saturated heterocycles. The van der Waals surface area contributed by atoms with Gasteiger partial charge < -0.3 is 14.2 Å². The first-order valence-corrected chi connectivity index (χ1v) is 7.63. The van der Waals surface area contributed by atoms with Crippen molar-refractivity contribution in [1.29, 1.82) is 0 Å². The van der Waals surface area contributed by atoms with E-state index in [1.807, 2.05) is 20.8 Å². The second kappa shape index (κ2) is 6.50. The number of ether oxygens (including phenoxy) is 3. The lowest BCUT2D eigenvalue weighted by Crippen LogP contribution is -2.40. The molecular weight excluding hydrogens is 272 g/mol. The van der Waals surface area contributed by atoms with Gasteiger partial charge >= 0.3 is 5.97 Å². The fourth-order valence-electron chi connectivity index (χ4n) is 3.04. The third-order valence-corrected chi connectivity index (χ3v) is 4.35. The molecule has 0 N–H and O–H groups in total. The van der Waals surface area contributed by atoms with Crippen LogP contribution in [-0.4, -0.2) is 31.1 Å². The number of ketones is 1. The monoisotopic (exact) mass is 296 g/mol. The van der Waals surface area contributed by atoms with Gasteiger partial charge in [0.25, 0.3) is 0 Å². The highest BCUT2D eigenvalue weighted by atomic mass is 16.5. The molecule has 0 fully saturated rings. The largest absolute Gasteiger partial charge is 0.490 e. The van der Waals surface area contributed by atoms with Crippen LogP contribution >= 0.6 is 0 Å². The fourth-order valence-corrected chi connectivity index (χ4v) is 3.04. The predicted octanol–water partition coefficient (Wildman–Crippen LogP) is 2.59. The Labute approximate surface area is 125 Å². The molecule has 0 spiro atoms. The number of allylic oxidation sites excluding steroid dienone is 2. The zero-order valence-electron chi connectivity index (χ0n) is 13.2. The highest BCUT2D eigenvalue weighted by Crippen LogP contribution is 2.38. The van der Waals surface area contributed by atoms with Crippen molar-refractivity contribution in [2.24, 2.45) is 11.8 Å². The van der Waals surface area contributed by atoms with Gasteiger partial charge in [-0.05, 0) is 13.3 Å². The molecule has 5 nitrogen and oxygen atoms in total. The summed E-state index contributed by atoms with van der Waals surface area (Å²) in [4.78, 5) is 23.5. The zero-order valence-corrected chi connectivity index (χ0v) is 13.2. The molecule has 0 aromatic carbocycles. The van der Waals surface area contributed by atoms with Gasteiger partial charge in [-0.15, -0.1) is 0 Å². The molecule has 4 atom stereocenters. The summed E-state index contributed by atoms with van der Waals surface area (Å²) in [7, 11) is 1.39. The van der Waals surface area contributed by atoms with E-state index >= 15 is 0 Å². The zero-order chi connectivity index (χ0) is 15.6. The third-order valence-electron chi connectivity index (χ3n) is 4.35. The maximum atomic E-state index is 11.8. The van der Waals surface area contributed by atoms with Crippen molar-refractivity contribution < 1.29 is 23.8 Å². The van der Waals surface area contributed by atoms with E-state index in [2.05, 4.69) is 0 Å². The highest BCUT2D eigenvalue weighted by molar-refractivity contribution is 5.83. The molecule has 0 radical (unpaired) electrons. The van der Waals surface area contributed by atoms with Gasteiger partial charge in [-0.25, -0.2) is 0 Å². The number of hydrogen-bond donors (Lipinski definition) is 0. The molecular formula is C16H24O5. The molecule has 2 rings (SSSR count). The summed E-state index contributed by atoms with van der Waals surface area (Å²) in [5.41, 5.74) is 0. The van der Waals surface area contributed by atoms with Gasteiger partial charge in [-0.3, -0.25) is 9.59 Å². The summed E-state index contributed by atoms with van der Waals surface area (Å²) in [5.74, 6) is 1.30. The van der Waals surface area contributed by atoms with Crippen molar-refractivity contribution >= 4 is 11.8 Å². The SMILES string of the molecule is CCC(=O)C1CCC2=C(C[C@H](C)[C@@H]([C@@H](C)C(=O)OC)O2)O1. The van der Waals surface area contributed by atoms with Crippen LogP contribution in [0.25, 0.3) is 0 Å². The van der Waals surface area contributed by atoms with Crippen LogP contribution in [0.15, 0.2) is 11.5 Å². The lowest BCUT2D eigenvalue weighted by Gasteiger charge is -2.38. The molecule has 2 aliphatic heterocycles. The summed E-state index contributed by atoms with van der Waals surface area (Å²) in [6.45, 7) is 5.71. The number of methoxy groups -OCH3 is 1. The summed E-state index contributed by atoms with van der Waals surface area (Å²) in [6.07, 6.45) is 2.01. The van der Waals surface area contributed by atoms with E-state index < -0.39 is 0 Å². The smallest absolute Gasteiger partial charge is 0.312 e. The van der Waals surface area contributed by atoms with Gasteiger partial charge in [0.05, 0.1) is 13.0 Å². The van der Waals surface area contributed by atoms with Crippen molar-refractivity contribution in [3.8, 4) is 0 Å². The molecule has 2 aliphatic rings. The molecule has 0 saturated carbocycles. The van der Waals surface area contributed by atoms with Crippen LogP contribution in [0.1, 0.15) is 46.5 Å². The normalized spacial score (nSPS) is 29.8. The molecule has 118 valence electrons. The molecule has 0 aliphatic carbocycles. The summed E-state index contributed by atoms with van der Waals surface area (Å²) >= 11 is 0. The number of hydrogen-bond acceptors (Lipinski definition) is 5. The van der Waals surface area contributed by atoms with E-state index in [-0.39, 0.29) is 35.8 Å². The Morgan fingerprint density at radius 1 is 1.33 bits per heavy atom. The lowest BCUT2D eigenvalue weighted by atomic mass is 9.86. The van der Waals surface area contributed by atoms with Gasteiger partial charge in [0.1, 0.15) is 17.6 Å². The Morgan fingerprint density at radius 2 is 2.05 bits per heavy atom. The molecule has 2 heterocycles. The number of esters is 1. The Kier molecular flexibility index (Phi) is 4.91. The van der Waals surface area contributed by atoms with Crippen molar-refractivity contribution in [2.45, 2.75) is 58.7 Å². The molecule has 0 aromatic rings. The number of Topliss-reactive ketones (excluding diaryl/α,β-unsaturated/α-hetero) is 1. The topological polar surface area (TPSA) is 61.8 Å². The van der Waals surface area contributed by atoms with Gasteiger partial charge in [-0.1, -0.05) is 13.8 Å². The van der Waals surface area contributed by atoms with Crippen LogP contribution in [-0.2, 0) is 23.8 Å². The average Bonchev–Trinajstić information content (AvgIpc) is 2.51. The third kappa shape index (κ3) is 3.22. The number of carbonyl (C=O) groups is 2. The van der Waals surface area contributed by atoms with Crippen molar-refractivity contribution in [3.05, 3.63) is 11.5 Å². The minimum Gasteiger partial charge on any atom is -0.490 e. The maximum Gasteiger partial charge on any atom is 0.312 e. The quantitative estimate of drug-likeness (QED) is 0.746. The second-order valence-corrected chi connectivity index (χ2v) is 5.89. The standard InChI is InChI=1S/C16H24O5/c1-5-11(17)12-6-7-13-14(20-12)8-9(2)15(21-13)10(3)16(18)19-4/h9-10,12,15H,5-8H2,1-4H3/t9-,10+,12?,15-/m0/s1. The van der Waals surface area contributed by atoms with Crippen LogP contribution < -0.4 is 0 Å². The Bertz CT molecular complexity index is 454. The van der Waals surface area contributed by atoms with Crippen LogP contribution in [0.3, 0.4) is 0 Å². The maximum absolute atomic E-state index is 11.8. The van der Waals surface area contributed by atoms with Crippen molar-refractivity contribution in [2.75, 3.05) is 7.11 Å². The Balaban J connectivity index is 2.09. The predicted molar refractivity (Wildman–Crippen MR) is 76.3 cm³/mol. The van der Waals surface area contributed by atoms with E-state index in [1.165, 1.54) is 7.11 Å². The minimum absolute atomic E-state index is 0.138. The molecule has 0 amide bonds. The Morgan fingerprint density at radius 3 is 2.67 bits per heavy atom. The minimum atomic E-state index is -0.334. The fraction of sp³-hybridized carbons (Fsp3) is 0.750. The van der Waals surface area contributed by atoms with Crippen LogP contribution in [0, 0.1) is 11.8 Å². The molecule has 0 aromatic heterocycles. The second-order valence-electron chi connectivity index (χ2n) is 5.89. The van der Waals surface area contributed by atoms with Crippen LogP contribution in [0.5, 0.6) is 0 Å². The number of carbonyl (C=O) groups excluding carboxylic acids is 2. The van der Waals surface area contributed by atoms with Gasteiger partial charge in [0, 0.05) is 25.2 Å². The van der Waals surface area contributed by atoms with E-state index in [4.69, 9.17) is 14.2 Å². The van der Waals surface area contributed by atoms with E-state index in [0.29, 0.717) is 25.7 Å². The van der Waals surface area contributed by atoms with Crippen molar-refractivity contribution in [1.82, 2.24) is 0 Å². The Hall–Kier alpha value is -1.52. The van der Waals surface area contributed by atoms with Gasteiger partial charge in [0.2, 0.25) is 0 Å². The summed E-state index contributed by atoms with van der Waals surface area (Å²) in [5, 5.41) is 0. The highest BCUT2D eigenvalue weighted by Gasteiger charge is 2.39. The van der Waals surface area contributed by atoms with Gasteiger partial charge in [-0.2, -0.15) is 0 Å².